The lowest BCUT2D eigenvalue weighted by Crippen LogP contribution is -2.47. The number of aliphatic hydroxyl groups is 1. The molecule has 1 aromatic rings. The molecule has 0 saturated carbocycles. The Kier molecular flexibility index (Phi) is 6.84. The summed E-state index contributed by atoms with van der Waals surface area (Å²) < 4.78 is 0. The van der Waals surface area contributed by atoms with Crippen LogP contribution in [0.2, 0.25) is 5.02 Å². The first-order valence-electron chi connectivity index (χ1n) is 8.22. The Morgan fingerprint density at radius 3 is 2.57 bits per heavy atom. The highest BCUT2D eigenvalue weighted by molar-refractivity contribution is 6.30. The first-order valence-corrected chi connectivity index (χ1v) is 8.59. The zero-order valence-corrected chi connectivity index (χ0v) is 14.5. The van der Waals surface area contributed by atoms with E-state index in [1.165, 1.54) is 0 Å². The average molecular weight is 340 g/mol. The molecule has 1 saturated heterocycles. The van der Waals surface area contributed by atoms with Crippen molar-refractivity contribution in [2.45, 2.75) is 45.3 Å². The minimum Gasteiger partial charge on any atom is -0.396 e. The molecular formula is C17H26ClN3O2. The lowest BCUT2D eigenvalue weighted by Gasteiger charge is -2.27. The summed E-state index contributed by atoms with van der Waals surface area (Å²) >= 11 is 5.92. The van der Waals surface area contributed by atoms with Crippen LogP contribution in [-0.2, 0) is 11.3 Å². The van der Waals surface area contributed by atoms with Crippen molar-refractivity contribution in [1.82, 2.24) is 15.8 Å². The van der Waals surface area contributed by atoms with Gasteiger partial charge in [0, 0.05) is 30.8 Å². The van der Waals surface area contributed by atoms with Gasteiger partial charge in [0.05, 0.1) is 0 Å². The highest BCUT2D eigenvalue weighted by Crippen LogP contribution is 2.20. The fourth-order valence-corrected chi connectivity index (χ4v) is 3.11. The maximum Gasteiger partial charge on any atom is 0.241 e. The zero-order chi connectivity index (χ0) is 16.8. The van der Waals surface area contributed by atoms with Crippen molar-refractivity contribution >= 4 is 17.5 Å². The first kappa shape index (κ1) is 18.2. The van der Waals surface area contributed by atoms with Gasteiger partial charge in [-0.15, -0.1) is 0 Å². The van der Waals surface area contributed by atoms with Crippen molar-refractivity contribution < 1.29 is 9.90 Å². The van der Waals surface area contributed by atoms with Gasteiger partial charge in [-0.05, 0) is 36.5 Å². The van der Waals surface area contributed by atoms with E-state index in [-0.39, 0.29) is 24.5 Å². The van der Waals surface area contributed by atoms with Gasteiger partial charge in [-0.25, -0.2) is 5.43 Å². The molecule has 3 N–H and O–H groups in total. The molecule has 0 radical (unpaired) electrons. The van der Waals surface area contributed by atoms with Crippen LogP contribution >= 0.6 is 11.6 Å². The van der Waals surface area contributed by atoms with Gasteiger partial charge in [0.25, 0.3) is 0 Å². The summed E-state index contributed by atoms with van der Waals surface area (Å²) in [7, 11) is 0. The van der Waals surface area contributed by atoms with Gasteiger partial charge in [0.1, 0.15) is 6.04 Å². The van der Waals surface area contributed by atoms with E-state index < -0.39 is 0 Å². The van der Waals surface area contributed by atoms with Gasteiger partial charge in [-0.1, -0.05) is 37.6 Å². The number of aliphatic hydroxyl groups excluding tert-OH is 1. The fourth-order valence-electron chi connectivity index (χ4n) is 2.99. The monoisotopic (exact) mass is 339 g/mol. The summed E-state index contributed by atoms with van der Waals surface area (Å²) in [5, 5.41) is 9.80. The van der Waals surface area contributed by atoms with E-state index in [4.69, 9.17) is 16.7 Å². The molecule has 1 amide bonds. The van der Waals surface area contributed by atoms with Crippen LogP contribution in [0.15, 0.2) is 24.3 Å². The number of nitrogens with zero attached hydrogens (tertiary/aromatic N) is 1. The van der Waals surface area contributed by atoms with Crippen LogP contribution in [0.5, 0.6) is 0 Å². The van der Waals surface area contributed by atoms with Gasteiger partial charge in [0.2, 0.25) is 5.91 Å². The molecule has 0 bridgehead atoms. The summed E-state index contributed by atoms with van der Waals surface area (Å²) in [6, 6.07) is 7.60. The van der Waals surface area contributed by atoms with Crippen LogP contribution in [0.4, 0.5) is 0 Å². The summed E-state index contributed by atoms with van der Waals surface area (Å²) in [6.07, 6.45) is 1.55. The molecule has 2 rings (SSSR count). The van der Waals surface area contributed by atoms with Crippen molar-refractivity contribution in [3.05, 3.63) is 34.9 Å². The molecule has 3 atom stereocenters. The molecular weight excluding hydrogens is 314 g/mol. The fraction of sp³-hybridized carbons (Fsp3) is 0.588. The minimum absolute atomic E-state index is 0.0735. The number of hydrogen-bond acceptors (Lipinski definition) is 4. The first-order chi connectivity index (χ1) is 11.1. The van der Waals surface area contributed by atoms with Gasteiger partial charge < -0.3 is 10.0 Å². The van der Waals surface area contributed by atoms with Crippen molar-refractivity contribution in [3.63, 3.8) is 0 Å². The molecule has 1 heterocycles. The Balaban J connectivity index is 2.07. The third-order valence-corrected chi connectivity index (χ3v) is 4.73. The molecule has 1 aliphatic rings. The van der Waals surface area contributed by atoms with Gasteiger partial charge in [-0.3, -0.25) is 10.2 Å². The molecule has 0 aliphatic carbocycles. The molecule has 0 spiro atoms. The van der Waals surface area contributed by atoms with Crippen LogP contribution in [0.25, 0.3) is 0 Å². The second-order valence-electron chi connectivity index (χ2n) is 6.10. The third-order valence-electron chi connectivity index (χ3n) is 4.48. The van der Waals surface area contributed by atoms with Crippen LogP contribution in [-0.4, -0.2) is 41.1 Å². The maximum atomic E-state index is 12.9. The Morgan fingerprint density at radius 1 is 1.30 bits per heavy atom. The molecule has 3 unspecified atom stereocenters. The van der Waals surface area contributed by atoms with Gasteiger partial charge >= 0.3 is 0 Å². The van der Waals surface area contributed by atoms with Gasteiger partial charge in [0.15, 0.2) is 0 Å². The van der Waals surface area contributed by atoms with Crippen molar-refractivity contribution in [2.75, 3.05) is 13.2 Å². The predicted octanol–water partition coefficient (Wildman–Crippen LogP) is 1.94. The molecule has 1 aliphatic heterocycles. The summed E-state index contributed by atoms with van der Waals surface area (Å²) in [5.74, 6) is 0.304. The highest BCUT2D eigenvalue weighted by atomic mass is 35.5. The normalized spacial score (nSPS) is 23.9. The Hall–Kier alpha value is -1.14. The van der Waals surface area contributed by atoms with E-state index >= 15 is 0 Å². The quantitative estimate of drug-likeness (QED) is 0.710. The number of hydrazine groups is 1. The number of nitrogens with one attached hydrogen (secondary N) is 2. The molecule has 128 valence electrons. The Morgan fingerprint density at radius 2 is 2.00 bits per heavy atom. The van der Waals surface area contributed by atoms with E-state index in [0.717, 1.165) is 12.0 Å². The zero-order valence-electron chi connectivity index (χ0n) is 13.8. The number of halogens is 1. The number of amides is 1. The second kappa shape index (κ2) is 8.64. The van der Waals surface area contributed by atoms with Crippen LogP contribution in [0.1, 0.15) is 32.3 Å². The molecule has 1 aromatic carbocycles. The third kappa shape index (κ3) is 4.67. The van der Waals surface area contributed by atoms with E-state index in [2.05, 4.69) is 24.7 Å². The number of hydrogen-bond donors (Lipinski definition) is 3. The smallest absolute Gasteiger partial charge is 0.241 e. The summed E-state index contributed by atoms with van der Waals surface area (Å²) in [5.41, 5.74) is 7.37. The van der Waals surface area contributed by atoms with Crippen molar-refractivity contribution in [2.24, 2.45) is 5.92 Å². The van der Waals surface area contributed by atoms with E-state index in [0.29, 0.717) is 30.6 Å². The largest absolute Gasteiger partial charge is 0.396 e. The van der Waals surface area contributed by atoms with Crippen LogP contribution in [0, 0.1) is 5.92 Å². The minimum atomic E-state index is -0.231. The standard InChI is InChI=1S/C17H26ClN3O2/c1-3-15-12(2)16(20-19-15)17(23)21(9-4-10-22)11-13-5-7-14(18)8-6-13/h5-8,12,15-16,19-20,22H,3-4,9-11H2,1-2H3. The average Bonchev–Trinajstić information content (AvgIpc) is 2.93. The Labute approximate surface area is 143 Å². The molecule has 5 nitrogen and oxygen atoms in total. The SMILES string of the molecule is CCC1NNC(C(=O)N(CCCO)Cc2ccc(Cl)cc2)C1C. The Bertz CT molecular complexity index is 509. The molecule has 1 fully saturated rings. The second-order valence-corrected chi connectivity index (χ2v) is 6.54. The van der Waals surface area contributed by atoms with E-state index in [1.54, 1.807) is 0 Å². The van der Waals surface area contributed by atoms with Crippen molar-refractivity contribution in [1.29, 1.82) is 0 Å². The van der Waals surface area contributed by atoms with Gasteiger partial charge in [-0.2, -0.15) is 0 Å². The number of benzene rings is 1. The molecule has 6 heteroatoms. The number of carbonyl (C=O) groups excluding carboxylic acids is 1. The van der Waals surface area contributed by atoms with E-state index in [1.807, 2.05) is 29.2 Å². The summed E-state index contributed by atoms with van der Waals surface area (Å²) in [4.78, 5) is 14.7. The maximum absolute atomic E-state index is 12.9. The highest BCUT2D eigenvalue weighted by Gasteiger charge is 2.37. The lowest BCUT2D eigenvalue weighted by atomic mass is 9.94. The van der Waals surface area contributed by atoms with Crippen LogP contribution in [0.3, 0.4) is 0 Å². The predicted molar refractivity (Wildman–Crippen MR) is 91.9 cm³/mol. The number of carbonyl (C=O) groups is 1. The van der Waals surface area contributed by atoms with E-state index in [9.17, 15) is 4.79 Å². The van der Waals surface area contributed by atoms with Crippen molar-refractivity contribution in [3.8, 4) is 0 Å². The molecule has 0 aromatic heterocycles. The topological polar surface area (TPSA) is 64.6 Å². The lowest BCUT2D eigenvalue weighted by molar-refractivity contribution is -0.134. The molecule has 23 heavy (non-hydrogen) atoms. The number of rotatable bonds is 7. The summed E-state index contributed by atoms with van der Waals surface area (Å²) in [6.45, 7) is 5.35. The van der Waals surface area contributed by atoms with Crippen LogP contribution < -0.4 is 10.9 Å².